The van der Waals surface area contributed by atoms with Gasteiger partial charge < -0.3 is 23.1 Å². The topological polar surface area (TPSA) is 83.5 Å². The summed E-state index contributed by atoms with van der Waals surface area (Å²) in [5.41, 5.74) is 3.54. The summed E-state index contributed by atoms with van der Waals surface area (Å²) in [4.78, 5) is 27.9. The van der Waals surface area contributed by atoms with Crippen molar-refractivity contribution in [3.8, 4) is 11.5 Å². The van der Waals surface area contributed by atoms with E-state index in [-0.39, 0.29) is 31.8 Å². The molecule has 2 aliphatic heterocycles. The van der Waals surface area contributed by atoms with Gasteiger partial charge in [-0.2, -0.15) is 0 Å². The summed E-state index contributed by atoms with van der Waals surface area (Å²) in [5, 5.41) is 0. The molecule has 2 atom stereocenters. The third kappa shape index (κ3) is 5.77. The minimum atomic E-state index is -2.28. The van der Waals surface area contributed by atoms with Crippen LogP contribution in [0.25, 0.3) is 6.08 Å². The van der Waals surface area contributed by atoms with Gasteiger partial charge in [0, 0.05) is 18.1 Å². The van der Waals surface area contributed by atoms with Gasteiger partial charge in [-0.25, -0.2) is 9.69 Å². The fourth-order valence-electron chi connectivity index (χ4n) is 7.28. The average molecular weight is 604 g/mol. The van der Waals surface area contributed by atoms with Crippen LogP contribution < -0.4 is 9.47 Å². The number of carbonyl (C=O) groups excluding carboxylic acids is 2. The maximum atomic E-state index is 14.1. The van der Waals surface area contributed by atoms with Gasteiger partial charge in [-0.3, -0.25) is 4.79 Å². The molecule has 0 N–H and O–H groups in total. The highest BCUT2D eigenvalue weighted by atomic mass is 28.4. The zero-order valence-corrected chi connectivity index (χ0v) is 28.4. The fourth-order valence-corrected chi connectivity index (χ4v) is 15.6. The Labute approximate surface area is 248 Å². The number of rotatable bonds is 12. The van der Waals surface area contributed by atoms with E-state index in [2.05, 4.69) is 62.3 Å². The number of amides is 2. The summed E-state index contributed by atoms with van der Waals surface area (Å²) in [6.07, 6.45) is 0.904. The van der Waals surface area contributed by atoms with Crippen molar-refractivity contribution in [2.45, 2.75) is 103 Å². The predicted molar refractivity (Wildman–Crippen MR) is 165 cm³/mol. The molecule has 0 radical (unpaired) electrons. The molecule has 3 aliphatic rings. The lowest BCUT2D eigenvalue weighted by atomic mass is 9.80. The number of hydrogen-bond donors (Lipinski definition) is 0. The Hall–Kier alpha value is -2.15. The van der Waals surface area contributed by atoms with Gasteiger partial charge in [0.25, 0.3) is 5.91 Å². The van der Waals surface area contributed by atoms with Gasteiger partial charge in [0.05, 0.1) is 12.6 Å². The van der Waals surface area contributed by atoms with Gasteiger partial charge >= 0.3 is 6.09 Å². The van der Waals surface area contributed by atoms with Gasteiger partial charge in [-0.05, 0) is 64.1 Å². The smallest absolute Gasteiger partial charge is 0.416 e. The highest BCUT2D eigenvalue weighted by molar-refractivity contribution is 6.77. The van der Waals surface area contributed by atoms with Crippen molar-refractivity contribution in [1.29, 1.82) is 0 Å². The van der Waals surface area contributed by atoms with Crippen LogP contribution in [0.5, 0.6) is 11.5 Å². The van der Waals surface area contributed by atoms with Crippen LogP contribution >= 0.6 is 0 Å². The van der Waals surface area contributed by atoms with E-state index >= 15 is 0 Å². The van der Waals surface area contributed by atoms with Gasteiger partial charge in [0.15, 0.2) is 28.1 Å². The number of cyclic esters (lactones) is 1. The molecule has 1 aliphatic carbocycles. The lowest BCUT2D eigenvalue weighted by Crippen LogP contribution is -2.50. The number of carbonyl (C=O) groups is 2. The van der Waals surface area contributed by atoms with Crippen LogP contribution in [0, 0.1) is 5.92 Å². The van der Waals surface area contributed by atoms with Crippen molar-refractivity contribution < 1.29 is 32.7 Å². The lowest BCUT2D eigenvalue weighted by molar-refractivity contribution is -0.125. The molecule has 41 heavy (non-hydrogen) atoms. The van der Waals surface area contributed by atoms with Crippen molar-refractivity contribution in [3.63, 3.8) is 0 Å². The average Bonchev–Trinajstić information content (AvgIpc) is 3.58. The molecule has 1 fully saturated rings. The first-order chi connectivity index (χ1) is 19.4. The second-order valence-corrected chi connectivity index (χ2v) is 22.7. The Morgan fingerprint density at radius 3 is 2.05 bits per heavy atom. The number of imide groups is 1. The van der Waals surface area contributed by atoms with E-state index in [0.717, 1.165) is 29.3 Å². The van der Waals surface area contributed by atoms with Crippen LogP contribution in [-0.4, -0.2) is 60.1 Å². The number of benzene rings is 1. The molecule has 228 valence electrons. The van der Waals surface area contributed by atoms with Gasteiger partial charge in [-0.15, -0.1) is 0 Å². The van der Waals surface area contributed by atoms with Crippen LogP contribution in [0.1, 0.15) is 79.5 Å². The number of ether oxygens (including phenoxy) is 3. The fraction of sp³-hybridized carbons (Fsp3) is 0.677. The summed E-state index contributed by atoms with van der Waals surface area (Å²) in [5.74, 6) is 0.621. The molecule has 0 unspecified atom stereocenters. The number of hydrogen-bond acceptors (Lipinski definition) is 7. The molecule has 1 aromatic rings. The summed E-state index contributed by atoms with van der Waals surface area (Å²) < 4.78 is 31.1. The first-order valence-corrected chi connectivity index (χ1v) is 20.1. The Morgan fingerprint density at radius 1 is 0.951 bits per heavy atom. The van der Waals surface area contributed by atoms with Gasteiger partial charge in [0.2, 0.25) is 6.79 Å². The SMILES string of the molecule is CC[Si](CC)(CC)O[C@H]1c2cc3c(cc2C=C(C(=O)N2CCOC2=O)[C@@H]1CO[Si](C(C)C)(C(C)C)C(C)C)OCO3. The summed E-state index contributed by atoms with van der Waals surface area (Å²) >= 11 is 0. The van der Waals surface area contributed by atoms with Crippen LogP contribution in [0.15, 0.2) is 17.7 Å². The van der Waals surface area contributed by atoms with E-state index in [1.165, 1.54) is 4.90 Å². The standard InChI is InChI=1S/C31H49NO7Si2/c1-10-40(11-2,12-3)39-29-24-17-28-27(36-19-37-28)16-23(24)15-25(30(33)32-13-14-35-31(32)34)26(29)18-38-41(20(4)5,21(6)7)22(8)9/h15-17,20-22,26,29H,10-14,18-19H2,1-9H3/t26-,29-/m0/s1. The molecule has 0 saturated carbocycles. The van der Waals surface area contributed by atoms with E-state index in [4.69, 9.17) is 23.1 Å². The number of nitrogens with zero attached hydrogens (tertiary/aromatic N) is 1. The normalized spacial score (nSPS) is 20.6. The second-order valence-electron chi connectivity index (χ2n) is 12.5. The van der Waals surface area contributed by atoms with Crippen LogP contribution in [0.4, 0.5) is 4.79 Å². The summed E-state index contributed by atoms with van der Waals surface area (Å²) in [7, 11) is -4.43. The van der Waals surface area contributed by atoms with E-state index in [9.17, 15) is 9.59 Å². The van der Waals surface area contributed by atoms with Crippen molar-refractivity contribution in [2.75, 3.05) is 26.6 Å². The van der Waals surface area contributed by atoms with Crippen LogP contribution in [-0.2, 0) is 18.4 Å². The van der Waals surface area contributed by atoms with E-state index in [1.54, 1.807) is 0 Å². The van der Waals surface area contributed by atoms with Crippen LogP contribution in [0.2, 0.25) is 34.8 Å². The molecule has 8 nitrogen and oxygen atoms in total. The minimum absolute atomic E-state index is 0.161. The molecule has 10 heteroatoms. The highest BCUT2D eigenvalue weighted by Crippen LogP contribution is 2.49. The Bertz CT molecular complexity index is 1130. The molecule has 2 heterocycles. The minimum Gasteiger partial charge on any atom is -0.454 e. The molecule has 0 spiro atoms. The lowest BCUT2D eigenvalue weighted by Gasteiger charge is -2.45. The highest BCUT2D eigenvalue weighted by Gasteiger charge is 2.49. The number of fused-ring (bicyclic) bond motifs is 2. The Balaban J connectivity index is 1.87. The first kappa shape index (κ1) is 31.8. The predicted octanol–water partition coefficient (Wildman–Crippen LogP) is 7.66. The molecule has 1 saturated heterocycles. The van der Waals surface area contributed by atoms with Gasteiger partial charge in [0.1, 0.15) is 6.61 Å². The Kier molecular flexibility index (Phi) is 9.77. The van der Waals surface area contributed by atoms with E-state index < -0.39 is 28.8 Å². The molecule has 2 amide bonds. The van der Waals surface area contributed by atoms with Crippen LogP contribution in [0.3, 0.4) is 0 Å². The van der Waals surface area contributed by atoms with Crippen molar-refractivity contribution in [1.82, 2.24) is 4.90 Å². The zero-order valence-electron chi connectivity index (χ0n) is 26.4. The molecule has 4 rings (SSSR count). The largest absolute Gasteiger partial charge is 0.454 e. The van der Waals surface area contributed by atoms with E-state index in [0.29, 0.717) is 40.3 Å². The summed E-state index contributed by atoms with van der Waals surface area (Å²) in [6, 6.07) is 6.87. The quantitative estimate of drug-likeness (QED) is 0.227. The molecular formula is C31H49NO7Si2. The monoisotopic (exact) mass is 603 g/mol. The van der Waals surface area contributed by atoms with Crippen molar-refractivity contribution in [2.24, 2.45) is 5.92 Å². The van der Waals surface area contributed by atoms with Gasteiger partial charge in [-0.1, -0.05) is 62.3 Å². The van der Waals surface area contributed by atoms with Crippen molar-refractivity contribution >= 4 is 34.7 Å². The first-order valence-electron chi connectivity index (χ1n) is 15.4. The third-order valence-electron chi connectivity index (χ3n) is 9.74. The Morgan fingerprint density at radius 2 is 1.54 bits per heavy atom. The third-order valence-corrected chi connectivity index (χ3v) is 20.4. The zero-order chi connectivity index (χ0) is 30.1. The maximum Gasteiger partial charge on any atom is 0.416 e. The van der Waals surface area contributed by atoms with E-state index in [1.807, 2.05) is 18.2 Å². The molecule has 1 aromatic carbocycles. The molecule has 0 aromatic heterocycles. The maximum absolute atomic E-state index is 14.1. The molecular weight excluding hydrogens is 555 g/mol. The van der Waals surface area contributed by atoms with Crippen molar-refractivity contribution in [3.05, 3.63) is 28.8 Å². The molecule has 0 bridgehead atoms. The second kappa shape index (κ2) is 12.6. The summed E-state index contributed by atoms with van der Waals surface area (Å²) in [6.45, 7) is 21.2.